The van der Waals surface area contributed by atoms with E-state index in [-0.39, 0.29) is 23.4 Å². The molecule has 1 saturated carbocycles. The van der Waals surface area contributed by atoms with Crippen molar-refractivity contribution in [2.24, 2.45) is 0 Å². The number of nitrogens with zero attached hydrogens (tertiary/aromatic N) is 2. The van der Waals surface area contributed by atoms with Crippen LogP contribution in [0, 0.1) is 17.1 Å². The highest BCUT2D eigenvalue weighted by molar-refractivity contribution is 7.15. The number of hydrogen-bond donors (Lipinski definition) is 1. The minimum Gasteiger partial charge on any atom is -0.347 e. The second kappa shape index (κ2) is 8.53. The van der Waals surface area contributed by atoms with Gasteiger partial charge in [0.2, 0.25) is 0 Å². The topological polar surface area (TPSA) is 82.8 Å². The Hall–Kier alpha value is -3.37. The molecule has 0 atom stereocenters. The molecule has 1 spiro atoms. The summed E-state index contributed by atoms with van der Waals surface area (Å²) in [6.07, 6.45) is 7.20. The minimum absolute atomic E-state index is 0.214. The highest BCUT2D eigenvalue weighted by atomic mass is 32.1. The molecule has 0 unspecified atom stereocenters. The minimum atomic E-state index is -0.498. The van der Waals surface area contributed by atoms with E-state index in [4.69, 9.17) is 5.26 Å². The molecule has 1 fully saturated rings. The molecule has 5 rings (SSSR count). The van der Waals surface area contributed by atoms with Crippen LogP contribution in [0.2, 0.25) is 0 Å². The highest BCUT2D eigenvalue weighted by Crippen LogP contribution is 2.46. The van der Waals surface area contributed by atoms with Crippen molar-refractivity contribution in [3.63, 3.8) is 0 Å². The number of nitrogens with one attached hydrogen (secondary N) is 1. The second-order valence-electron chi connectivity index (χ2n) is 8.74. The molecular formula is C26H22FN3O2S. The van der Waals surface area contributed by atoms with Gasteiger partial charge in [-0.3, -0.25) is 9.59 Å². The van der Waals surface area contributed by atoms with Gasteiger partial charge in [0.1, 0.15) is 16.6 Å². The van der Waals surface area contributed by atoms with Crippen LogP contribution in [0.5, 0.6) is 0 Å². The van der Waals surface area contributed by atoms with Crippen LogP contribution in [0.25, 0.3) is 10.6 Å². The number of fused-ring (bicyclic) bond motifs is 2. The molecule has 1 aromatic heterocycles. The normalized spacial score (nSPS) is 16.4. The van der Waals surface area contributed by atoms with Gasteiger partial charge in [0, 0.05) is 28.6 Å². The first-order chi connectivity index (χ1) is 16.0. The molecule has 3 aromatic rings. The number of amides is 1. The smallest absolute Gasteiger partial charge is 0.251 e. The van der Waals surface area contributed by atoms with E-state index < -0.39 is 5.82 Å². The van der Waals surface area contributed by atoms with Gasteiger partial charge in [-0.1, -0.05) is 25.3 Å². The van der Waals surface area contributed by atoms with E-state index in [0.717, 1.165) is 41.7 Å². The van der Waals surface area contributed by atoms with E-state index in [1.807, 2.05) is 24.3 Å². The Balaban J connectivity index is 1.28. The van der Waals surface area contributed by atoms with Crippen LogP contribution in [-0.2, 0) is 23.2 Å². The van der Waals surface area contributed by atoms with Crippen LogP contribution in [0.1, 0.15) is 64.0 Å². The first-order valence-corrected chi connectivity index (χ1v) is 11.9. The number of carbonyl (C=O) groups excluding carboxylic acids is 2. The first-order valence-electron chi connectivity index (χ1n) is 11.1. The molecule has 1 amide bonds. The molecule has 166 valence electrons. The van der Waals surface area contributed by atoms with Gasteiger partial charge in [-0.25, -0.2) is 9.37 Å². The lowest BCUT2D eigenvalue weighted by atomic mass is 9.69. The summed E-state index contributed by atoms with van der Waals surface area (Å²) >= 11 is 1.29. The lowest BCUT2D eigenvalue weighted by molar-refractivity contribution is -0.124. The fourth-order valence-electron chi connectivity index (χ4n) is 5.09. The number of ketones is 1. The number of carbonyl (C=O) groups is 2. The molecule has 5 nitrogen and oxygen atoms in total. The average Bonchev–Trinajstić information content (AvgIpc) is 3.40. The molecule has 33 heavy (non-hydrogen) atoms. The summed E-state index contributed by atoms with van der Waals surface area (Å²) in [5, 5.41) is 12.3. The van der Waals surface area contributed by atoms with Gasteiger partial charge in [-0.05, 0) is 54.3 Å². The van der Waals surface area contributed by atoms with Crippen molar-refractivity contribution in [2.45, 2.75) is 50.5 Å². The predicted molar refractivity (Wildman–Crippen MR) is 123 cm³/mol. The maximum absolute atomic E-state index is 14.3. The van der Waals surface area contributed by atoms with E-state index in [1.54, 1.807) is 18.3 Å². The third kappa shape index (κ3) is 3.85. The number of benzene rings is 2. The van der Waals surface area contributed by atoms with E-state index >= 15 is 0 Å². The van der Waals surface area contributed by atoms with E-state index in [9.17, 15) is 14.0 Å². The van der Waals surface area contributed by atoms with Crippen LogP contribution >= 0.6 is 11.3 Å². The summed E-state index contributed by atoms with van der Waals surface area (Å²) in [4.78, 5) is 30.7. The van der Waals surface area contributed by atoms with Crippen LogP contribution in [-0.4, -0.2) is 16.7 Å². The third-order valence-electron chi connectivity index (χ3n) is 6.78. The van der Waals surface area contributed by atoms with Crippen molar-refractivity contribution in [2.75, 3.05) is 0 Å². The van der Waals surface area contributed by atoms with Crippen molar-refractivity contribution >= 4 is 23.0 Å². The Bertz CT molecular complexity index is 1300. The molecule has 7 heteroatoms. The Morgan fingerprint density at radius 2 is 2.00 bits per heavy atom. The Kier molecular flexibility index (Phi) is 5.55. The number of aromatic nitrogens is 1. The van der Waals surface area contributed by atoms with Gasteiger partial charge < -0.3 is 5.32 Å². The maximum Gasteiger partial charge on any atom is 0.251 e. The summed E-state index contributed by atoms with van der Waals surface area (Å²) in [5.74, 6) is -0.418. The van der Waals surface area contributed by atoms with Gasteiger partial charge in [0.15, 0.2) is 0 Å². The molecule has 2 aliphatic carbocycles. The Morgan fingerprint density at radius 3 is 2.76 bits per heavy atom. The molecule has 1 heterocycles. The van der Waals surface area contributed by atoms with Gasteiger partial charge in [-0.2, -0.15) is 5.26 Å². The molecule has 0 radical (unpaired) electrons. The fourth-order valence-corrected chi connectivity index (χ4v) is 5.96. The molecule has 0 bridgehead atoms. The zero-order valence-corrected chi connectivity index (χ0v) is 18.8. The average molecular weight is 460 g/mol. The summed E-state index contributed by atoms with van der Waals surface area (Å²) in [7, 11) is 0. The highest BCUT2D eigenvalue weighted by Gasteiger charge is 2.46. The third-order valence-corrected chi connectivity index (χ3v) is 7.81. The predicted octanol–water partition coefficient (Wildman–Crippen LogP) is 5.08. The number of nitriles is 1. The van der Waals surface area contributed by atoms with Crippen LogP contribution < -0.4 is 5.32 Å². The SMILES string of the molecule is N#Cc1ccc(-c2ncc(CNC(=O)c3ccc4c(c3)CC(=O)C43CCCCC3)s2)c(F)c1. The lowest BCUT2D eigenvalue weighted by Gasteiger charge is -2.32. The fraction of sp³-hybridized carbons (Fsp3) is 0.308. The largest absolute Gasteiger partial charge is 0.347 e. The zero-order chi connectivity index (χ0) is 23.0. The Labute approximate surface area is 195 Å². The zero-order valence-electron chi connectivity index (χ0n) is 18.0. The van der Waals surface area contributed by atoms with Crippen molar-refractivity contribution < 1.29 is 14.0 Å². The number of thiazole rings is 1. The van der Waals surface area contributed by atoms with E-state index in [2.05, 4.69) is 10.3 Å². The summed E-state index contributed by atoms with van der Waals surface area (Å²) < 4.78 is 14.3. The quantitative estimate of drug-likeness (QED) is 0.590. The van der Waals surface area contributed by atoms with Crippen molar-refractivity contribution in [1.29, 1.82) is 5.26 Å². The van der Waals surface area contributed by atoms with Crippen LogP contribution in [0.3, 0.4) is 0 Å². The van der Waals surface area contributed by atoms with Gasteiger partial charge in [0.05, 0.1) is 23.6 Å². The lowest BCUT2D eigenvalue weighted by Crippen LogP contribution is -2.34. The number of Topliss-reactive ketones (excluding diaryl/α,β-unsaturated/α-hetero) is 1. The van der Waals surface area contributed by atoms with Gasteiger partial charge in [-0.15, -0.1) is 11.3 Å². The van der Waals surface area contributed by atoms with Crippen LogP contribution in [0.4, 0.5) is 4.39 Å². The number of rotatable bonds is 4. The summed E-state index contributed by atoms with van der Waals surface area (Å²) in [6.45, 7) is 0.272. The van der Waals surface area contributed by atoms with Crippen LogP contribution in [0.15, 0.2) is 42.6 Å². The summed E-state index contributed by atoms with van der Waals surface area (Å²) in [6, 6.07) is 11.8. The molecular weight excluding hydrogens is 437 g/mol. The number of hydrogen-bond acceptors (Lipinski definition) is 5. The van der Waals surface area contributed by atoms with E-state index in [0.29, 0.717) is 28.3 Å². The molecule has 0 saturated heterocycles. The monoisotopic (exact) mass is 459 g/mol. The van der Waals surface area contributed by atoms with Crippen molar-refractivity contribution in [1.82, 2.24) is 10.3 Å². The molecule has 2 aliphatic rings. The number of halogens is 1. The van der Waals surface area contributed by atoms with E-state index in [1.165, 1.54) is 23.8 Å². The maximum atomic E-state index is 14.3. The molecule has 1 N–H and O–H groups in total. The van der Waals surface area contributed by atoms with Gasteiger partial charge in [0.25, 0.3) is 5.91 Å². The first kappa shape index (κ1) is 21.5. The second-order valence-corrected chi connectivity index (χ2v) is 9.85. The van der Waals surface area contributed by atoms with Gasteiger partial charge >= 0.3 is 0 Å². The summed E-state index contributed by atoms with van der Waals surface area (Å²) in [5.41, 5.74) is 2.88. The van der Waals surface area contributed by atoms with Crippen molar-refractivity contribution in [3.8, 4) is 16.6 Å². The van der Waals surface area contributed by atoms with Crippen molar-refractivity contribution in [3.05, 3.63) is 75.5 Å². The standard InChI is InChI=1S/C26H22FN3O2S/c27-22-10-16(13-28)4-6-20(22)25-30-15-19(33-25)14-29-24(32)17-5-7-21-18(11-17)12-23(31)26(21)8-2-1-3-9-26/h4-7,10-11,15H,1-3,8-9,12,14H2,(H,29,32). The Morgan fingerprint density at radius 1 is 1.18 bits per heavy atom. The molecule has 2 aromatic carbocycles. The molecule has 0 aliphatic heterocycles.